The van der Waals surface area contributed by atoms with Crippen LogP contribution in [0.3, 0.4) is 0 Å². The smallest absolute Gasteiger partial charge is 0.193 e. The fourth-order valence-corrected chi connectivity index (χ4v) is 3.00. The topological polar surface area (TPSA) is 9.23 Å². The minimum atomic E-state index is -1.65. The summed E-state index contributed by atoms with van der Waals surface area (Å²) in [4.78, 5) is 0. The molecule has 90 valence electrons. The largest absolute Gasteiger partial charge is 0.408 e. The molecule has 0 aliphatic carbocycles. The lowest BCUT2D eigenvalue weighted by Crippen LogP contribution is -2.47. The van der Waals surface area contributed by atoms with Crippen molar-refractivity contribution in [3.05, 3.63) is 12.2 Å². The molecule has 0 amide bonds. The molecule has 1 atom stereocenters. The van der Waals surface area contributed by atoms with Gasteiger partial charge in [0.15, 0.2) is 8.32 Å². The quantitative estimate of drug-likeness (QED) is 0.498. The molecular formula is C13H28OSi. The third-order valence-electron chi connectivity index (χ3n) is 3.52. The van der Waals surface area contributed by atoms with Crippen molar-refractivity contribution < 1.29 is 4.43 Å². The first kappa shape index (κ1) is 14.9. The van der Waals surface area contributed by atoms with E-state index in [0.29, 0.717) is 0 Å². The second-order valence-electron chi connectivity index (χ2n) is 6.03. The van der Waals surface area contributed by atoms with Crippen molar-refractivity contribution in [2.24, 2.45) is 0 Å². The lowest BCUT2D eigenvalue weighted by Gasteiger charge is -2.42. The van der Waals surface area contributed by atoms with Gasteiger partial charge in [0, 0.05) is 0 Å². The Morgan fingerprint density at radius 3 is 1.87 bits per heavy atom. The average molecular weight is 228 g/mol. The van der Waals surface area contributed by atoms with E-state index >= 15 is 0 Å². The summed E-state index contributed by atoms with van der Waals surface area (Å²) in [6.07, 6.45) is 5.31. The maximum absolute atomic E-state index is 6.43. The minimum Gasteiger partial charge on any atom is -0.408 e. The molecule has 0 rings (SSSR count). The predicted molar refractivity (Wildman–Crippen MR) is 71.8 cm³/mol. The molecule has 0 aromatic rings. The molecule has 0 N–H and O–H groups in total. The van der Waals surface area contributed by atoms with Crippen LogP contribution in [0.1, 0.15) is 48.0 Å². The first-order chi connectivity index (χ1) is 6.58. The summed E-state index contributed by atoms with van der Waals surface area (Å²) in [5.41, 5.74) is -0.0856. The zero-order valence-electron chi connectivity index (χ0n) is 11.8. The monoisotopic (exact) mass is 228 g/mol. The normalized spacial score (nSPS) is 18.1. The van der Waals surface area contributed by atoms with Gasteiger partial charge in [-0.3, -0.25) is 0 Å². The van der Waals surface area contributed by atoms with Crippen LogP contribution in [-0.2, 0) is 4.43 Å². The Labute approximate surface area is 97.0 Å². The van der Waals surface area contributed by atoms with Crippen molar-refractivity contribution in [2.45, 2.75) is 71.7 Å². The van der Waals surface area contributed by atoms with Crippen LogP contribution in [0.25, 0.3) is 0 Å². The highest BCUT2D eigenvalue weighted by Crippen LogP contribution is 2.40. The third-order valence-corrected chi connectivity index (χ3v) is 8.10. The number of allylic oxidation sites excluding steroid dienone is 1. The van der Waals surface area contributed by atoms with Gasteiger partial charge in [0.25, 0.3) is 0 Å². The molecule has 1 nitrogen and oxygen atoms in total. The first-order valence-corrected chi connectivity index (χ1v) is 8.83. The van der Waals surface area contributed by atoms with E-state index < -0.39 is 8.32 Å². The van der Waals surface area contributed by atoms with Crippen molar-refractivity contribution in [1.82, 2.24) is 0 Å². The third kappa shape index (κ3) is 4.11. The number of hydrogen-bond acceptors (Lipinski definition) is 1. The predicted octanol–water partition coefficient (Wildman–Crippen LogP) is 4.75. The zero-order valence-corrected chi connectivity index (χ0v) is 12.8. The molecule has 0 aromatic carbocycles. The maximum atomic E-state index is 6.43. The highest BCUT2D eigenvalue weighted by Gasteiger charge is 2.41. The molecule has 0 bridgehead atoms. The van der Waals surface area contributed by atoms with Crippen LogP contribution in [0, 0.1) is 0 Å². The van der Waals surface area contributed by atoms with Crippen LogP contribution in [0.5, 0.6) is 0 Å². The van der Waals surface area contributed by atoms with E-state index in [1.807, 2.05) is 0 Å². The van der Waals surface area contributed by atoms with Gasteiger partial charge >= 0.3 is 0 Å². The molecule has 0 spiro atoms. The van der Waals surface area contributed by atoms with Crippen LogP contribution in [0.4, 0.5) is 0 Å². The minimum absolute atomic E-state index is 0.0856. The average Bonchev–Trinajstić information content (AvgIpc) is 2.01. The molecule has 0 saturated heterocycles. The lowest BCUT2D eigenvalue weighted by atomic mass is 10.0. The van der Waals surface area contributed by atoms with Gasteiger partial charge in [-0.2, -0.15) is 0 Å². The highest BCUT2D eigenvalue weighted by molar-refractivity contribution is 6.74. The summed E-state index contributed by atoms with van der Waals surface area (Å²) in [7, 11) is -1.65. The molecule has 0 fully saturated rings. The molecule has 15 heavy (non-hydrogen) atoms. The van der Waals surface area contributed by atoms with Gasteiger partial charge in [0.05, 0.1) is 5.60 Å². The Morgan fingerprint density at radius 2 is 1.60 bits per heavy atom. The summed E-state index contributed by atoms with van der Waals surface area (Å²) in [5, 5.41) is 0.283. The summed E-state index contributed by atoms with van der Waals surface area (Å²) in [6, 6.07) is 0. The van der Waals surface area contributed by atoms with Gasteiger partial charge in [-0.05, 0) is 38.4 Å². The van der Waals surface area contributed by atoms with Crippen molar-refractivity contribution in [3.8, 4) is 0 Å². The van der Waals surface area contributed by atoms with Crippen LogP contribution < -0.4 is 0 Å². The standard InChI is InChI=1S/C13H28OSi/c1-9-11-13(6,10-2)14-15(7,8)12(3,4)5/h9,11H,10H2,1-8H3/b11-9+. The van der Waals surface area contributed by atoms with Gasteiger partial charge in [-0.25, -0.2) is 0 Å². The molecule has 0 aliphatic heterocycles. The lowest BCUT2D eigenvalue weighted by molar-refractivity contribution is 0.117. The summed E-state index contributed by atoms with van der Waals surface area (Å²) in [6.45, 7) is 17.9. The molecule has 1 unspecified atom stereocenters. The van der Waals surface area contributed by atoms with Crippen LogP contribution in [0.15, 0.2) is 12.2 Å². The molecule has 0 heterocycles. The summed E-state index contributed by atoms with van der Waals surface area (Å²) in [5.74, 6) is 0. The highest BCUT2D eigenvalue weighted by atomic mass is 28.4. The Kier molecular flexibility index (Phi) is 4.81. The van der Waals surface area contributed by atoms with E-state index in [-0.39, 0.29) is 10.6 Å². The van der Waals surface area contributed by atoms with E-state index in [1.165, 1.54) is 0 Å². The molecular weight excluding hydrogens is 200 g/mol. The molecule has 2 heteroatoms. The van der Waals surface area contributed by atoms with Gasteiger partial charge in [0.1, 0.15) is 0 Å². The van der Waals surface area contributed by atoms with Gasteiger partial charge in [-0.15, -0.1) is 0 Å². The van der Waals surface area contributed by atoms with E-state index in [1.54, 1.807) is 0 Å². The zero-order chi connectivity index (χ0) is 12.3. The maximum Gasteiger partial charge on any atom is 0.193 e. The first-order valence-electron chi connectivity index (χ1n) is 5.92. The summed E-state index contributed by atoms with van der Waals surface area (Å²) >= 11 is 0. The second-order valence-corrected chi connectivity index (χ2v) is 10.8. The molecule has 0 aliphatic rings. The van der Waals surface area contributed by atoms with E-state index in [0.717, 1.165) is 6.42 Å². The van der Waals surface area contributed by atoms with Gasteiger partial charge < -0.3 is 4.43 Å². The molecule has 0 radical (unpaired) electrons. The molecule has 0 saturated carbocycles. The SMILES string of the molecule is C/C=C/C(C)(CC)O[Si](C)(C)C(C)(C)C. The van der Waals surface area contributed by atoms with Crippen LogP contribution >= 0.6 is 0 Å². The number of hydrogen-bond donors (Lipinski definition) is 0. The fraction of sp³-hybridized carbons (Fsp3) is 0.846. The van der Waals surface area contributed by atoms with E-state index in [9.17, 15) is 0 Å². The Bertz CT molecular complexity index is 225. The number of rotatable bonds is 4. The molecule has 0 aromatic heterocycles. The van der Waals surface area contributed by atoms with E-state index in [4.69, 9.17) is 4.43 Å². The van der Waals surface area contributed by atoms with E-state index in [2.05, 4.69) is 66.8 Å². The Morgan fingerprint density at radius 1 is 1.13 bits per heavy atom. The Hall–Kier alpha value is -0.0831. The second kappa shape index (κ2) is 4.83. The Balaban J connectivity index is 4.83. The van der Waals surface area contributed by atoms with Crippen LogP contribution in [-0.4, -0.2) is 13.9 Å². The van der Waals surface area contributed by atoms with Gasteiger partial charge in [-0.1, -0.05) is 39.8 Å². The van der Waals surface area contributed by atoms with Gasteiger partial charge in [0.2, 0.25) is 0 Å². The fourth-order valence-electron chi connectivity index (χ4n) is 1.31. The summed E-state index contributed by atoms with van der Waals surface area (Å²) < 4.78 is 6.43. The van der Waals surface area contributed by atoms with Crippen molar-refractivity contribution in [2.75, 3.05) is 0 Å². The van der Waals surface area contributed by atoms with Crippen LogP contribution in [0.2, 0.25) is 18.1 Å². The van der Waals surface area contributed by atoms with Crippen molar-refractivity contribution in [1.29, 1.82) is 0 Å². The van der Waals surface area contributed by atoms with Crippen molar-refractivity contribution in [3.63, 3.8) is 0 Å². The van der Waals surface area contributed by atoms with Crippen molar-refractivity contribution >= 4 is 8.32 Å².